The highest BCUT2D eigenvalue weighted by atomic mass is 35.5. The molecule has 2 aliphatic heterocycles. The minimum absolute atomic E-state index is 0. The van der Waals surface area contributed by atoms with Gasteiger partial charge in [0.1, 0.15) is 10.6 Å². The maximum atomic E-state index is 12.8. The van der Waals surface area contributed by atoms with Crippen molar-refractivity contribution in [1.29, 1.82) is 0 Å². The summed E-state index contributed by atoms with van der Waals surface area (Å²) < 4.78 is 28.8. The Labute approximate surface area is 155 Å². The van der Waals surface area contributed by atoms with Gasteiger partial charge in [-0.3, -0.25) is 9.69 Å². The number of aryl methyl sites for hydroxylation is 1. The lowest BCUT2D eigenvalue weighted by molar-refractivity contribution is 0.0955. The first kappa shape index (κ1) is 20.2. The van der Waals surface area contributed by atoms with Crippen LogP contribution in [0.1, 0.15) is 16.9 Å². The number of rotatable bonds is 4. The first-order valence-electron chi connectivity index (χ1n) is 8.27. The Kier molecular flexibility index (Phi) is 6.50. The molecule has 142 valence electrons. The molecule has 8 nitrogen and oxygen atoms in total. The van der Waals surface area contributed by atoms with Crippen LogP contribution in [-0.2, 0) is 17.1 Å². The molecule has 1 aromatic rings. The van der Waals surface area contributed by atoms with Gasteiger partial charge in [-0.2, -0.15) is 4.31 Å². The summed E-state index contributed by atoms with van der Waals surface area (Å²) >= 11 is 0. The van der Waals surface area contributed by atoms with Gasteiger partial charge in [0.15, 0.2) is 0 Å². The molecule has 1 amide bonds. The Morgan fingerprint density at radius 2 is 1.96 bits per heavy atom. The van der Waals surface area contributed by atoms with E-state index in [-0.39, 0.29) is 23.2 Å². The molecule has 1 atom stereocenters. The van der Waals surface area contributed by atoms with E-state index in [1.807, 2.05) is 0 Å². The van der Waals surface area contributed by atoms with Crippen LogP contribution in [0.5, 0.6) is 0 Å². The number of amides is 1. The van der Waals surface area contributed by atoms with Gasteiger partial charge in [0.25, 0.3) is 5.91 Å². The van der Waals surface area contributed by atoms with Crippen LogP contribution in [0, 0.1) is 0 Å². The molecule has 10 heteroatoms. The van der Waals surface area contributed by atoms with Crippen molar-refractivity contribution in [2.45, 2.75) is 17.4 Å². The van der Waals surface area contributed by atoms with Gasteiger partial charge in [0.05, 0.1) is 0 Å². The van der Waals surface area contributed by atoms with Crippen LogP contribution in [0.25, 0.3) is 0 Å². The molecule has 0 radical (unpaired) electrons. The fraction of sp³-hybridized carbons (Fsp3) is 0.667. The average molecular weight is 392 g/mol. The summed E-state index contributed by atoms with van der Waals surface area (Å²) in [6.07, 6.45) is 2.63. The maximum absolute atomic E-state index is 12.8. The fourth-order valence-corrected chi connectivity index (χ4v) is 4.93. The van der Waals surface area contributed by atoms with Crippen molar-refractivity contribution >= 4 is 28.3 Å². The van der Waals surface area contributed by atoms with Gasteiger partial charge in [0, 0.05) is 59.1 Å². The van der Waals surface area contributed by atoms with E-state index in [1.165, 1.54) is 23.6 Å². The summed E-state index contributed by atoms with van der Waals surface area (Å²) in [4.78, 5) is 14.3. The molecule has 25 heavy (non-hydrogen) atoms. The van der Waals surface area contributed by atoms with Gasteiger partial charge in [-0.1, -0.05) is 0 Å². The van der Waals surface area contributed by atoms with E-state index < -0.39 is 10.0 Å². The zero-order valence-electron chi connectivity index (χ0n) is 14.6. The van der Waals surface area contributed by atoms with Crippen LogP contribution in [-0.4, -0.2) is 80.5 Å². The molecule has 1 aromatic heterocycles. The number of carbonyl (C=O) groups excluding carboxylic acids is 1. The van der Waals surface area contributed by atoms with Crippen molar-refractivity contribution in [3.63, 3.8) is 0 Å². The van der Waals surface area contributed by atoms with E-state index in [2.05, 4.69) is 15.5 Å². The lowest BCUT2D eigenvalue weighted by atomic mass is 10.2. The van der Waals surface area contributed by atoms with Crippen molar-refractivity contribution in [1.82, 2.24) is 24.4 Å². The van der Waals surface area contributed by atoms with Crippen molar-refractivity contribution in [2.24, 2.45) is 7.05 Å². The minimum Gasteiger partial charge on any atom is -0.354 e. The summed E-state index contributed by atoms with van der Waals surface area (Å²) in [7, 11) is -0.359. The Hall–Kier alpha value is -1.13. The molecule has 2 N–H and O–H groups in total. The van der Waals surface area contributed by atoms with E-state index in [4.69, 9.17) is 0 Å². The van der Waals surface area contributed by atoms with Gasteiger partial charge in [-0.05, 0) is 19.0 Å². The van der Waals surface area contributed by atoms with E-state index in [9.17, 15) is 13.2 Å². The molecule has 0 bridgehead atoms. The number of nitrogens with zero attached hydrogens (tertiary/aromatic N) is 3. The smallest absolute Gasteiger partial charge is 0.267 e. The summed E-state index contributed by atoms with van der Waals surface area (Å²) in [5, 5.41) is 5.87. The summed E-state index contributed by atoms with van der Waals surface area (Å²) in [5.41, 5.74) is 0.340. The van der Waals surface area contributed by atoms with Crippen molar-refractivity contribution in [2.75, 3.05) is 46.3 Å². The third-order valence-electron chi connectivity index (χ3n) is 4.90. The topological polar surface area (TPSA) is 86.7 Å². The lowest BCUT2D eigenvalue weighted by Gasteiger charge is -2.36. The molecule has 0 aliphatic carbocycles. The molecule has 2 aliphatic rings. The third kappa shape index (κ3) is 4.01. The molecule has 0 saturated carbocycles. The van der Waals surface area contributed by atoms with Crippen LogP contribution >= 0.6 is 12.4 Å². The van der Waals surface area contributed by atoms with Gasteiger partial charge >= 0.3 is 0 Å². The number of sulfonamides is 1. The second kappa shape index (κ2) is 8.05. The largest absolute Gasteiger partial charge is 0.354 e. The number of hydrogen-bond donors (Lipinski definition) is 2. The van der Waals surface area contributed by atoms with Crippen LogP contribution in [0.4, 0.5) is 0 Å². The molecule has 1 unspecified atom stereocenters. The zero-order valence-corrected chi connectivity index (χ0v) is 16.2. The first-order chi connectivity index (χ1) is 11.4. The predicted octanol–water partition coefficient (Wildman–Crippen LogP) is -0.525. The summed E-state index contributed by atoms with van der Waals surface area (Å²) in [6, 6.07) is 1.97. The van der Waals surface area contributed by atoms with Crippen LogP contribution in [0.15, 0.2) is 17.2 Å². The van der Waals surface area contributed by atoms with Gasteiger partial charge in [-0.15, -0.1) is 12.4 Å². The standard InChI is InChI=1S/C15H25N5O3S.ClH/c1-16-15(21)14-9-13(11-18(14)2)24(22,23)20-7-5-19(6-8-20)12-3-4-17-10-12;/h9,11-12,17H,3-8,10H2,1-2H3,(H,16,21);1H. The Morgan fingerprint density at radius 1 is 1.28 bits per heavy atom. The molecular formula is C15H26ClN5O3S. The van der Waals surface area contributed by atoms with E-state index in [0.29, 0.717) is 24.8 Å². The normalized spacial score (nSPS) is 22.6. The second-order valence-electron chi connectivity index (χ2n) is 6.34. The minimum atomic E-state index is -3.56. The Bertz CT molecular complexity index is 707. The van der Waals surface area contributed by atoms with Crippen LogP contribution in [0.3, 0.4) is 0 Å². The van der Waals surface area contributed by atoms with Crippen molar-refractivity contribution in [3.05, 3.63) is 18.0 Å². The number of halogens is 1. The Morgan fingerprint density at radius 3 is 2.52 bits per heavy atom. The quantitative estimate of drug-likeness (QED) is 0.721. The van der Waals surface area contributed by atoms with Gasteiger partial charge in [0.2, 0.25) is 10.0 Å². The summed E-state index contributed by atoms with van der Waals surface area (Å²) in [6.45, 7) is 4.50. The highest BCUT2D eigenvalue weighted by molar-refractivity contribution is 7.89. The summed E-state index contributed by atoms with van der Waals surface area (Å²) in [5.74, 6) is -0.294. The van der Waals surface area contributed by atoms with E-state index >= 15 is 0 Å². The molecule has 0 spiro atoms. The molecular weight excluding hydrogens is 366 g/mol. The zero-order chi connectivity index (χ0) is 17.3. The van der Waals surface area contributed by atoms with Crippen LogP contribution in [0.2, 0.25) is 0 Å². The molecule has 0 aromatic carbocycles. The highest BCUT2D eigenvalue weighted by Gasteiger charge is 2.33. The predicted molar refractivity (Wildman–Crippen MR) is 97.7 cm³/mol. The third-order valence-corrected chi connectivity index (χ3v) is 6.77. The van der Waals surface area contributed by atoms with Crippen LogP contribution < -0.4 is 10.6 Å². The SMILES string of the molecule is CNC(=O)c1cc(S(=O)(=O)N2CCN(C3CCNC3)CC2)cn1C.Cl. The van der Waals surface area contributed by atoms with E-state index in [0.717, 1.165) is 32.6 Å². The van der Waals surface area contributed by atoms with Gasteiger partial charge < -0.3 is 15.2 Å². The van der Waals surface area contributed by atoms with Crippen molar-refractivity contribution in [3.8, 4) is 0 Å². The maximum Gasteiger partial charge on any atom is 0.267 e. The number of carbonyl (C=O) groups is 1. The molecule has 3 rings (SSSR count). The van der Waals surface area contributed by atoms with E-state index in [1.54, 1.807) is 11.6 Å². The molecule has 2 saturated heterocycles. The van der Waals surface area contributed by atoms with Gasteiger partial charge in [-0.25, -0.2) is 8.42 Å². The number of hydrogen-bond acceptors (Lipinski definition) is 5. The number of nitrogens with one attached hydrogen (secondary N) is 2. The average Bonchev–Trinajstić information content (AvgIpc) is 3.24. The lowest BCUT2D eigenvalue weighted by Crippen LogP contribution is -2.52. The second-order valence-corrected chi connectivity index (χ2v) is 8.28. The number of piperazine rings is 1. The molecule has 2 fully saturated rings. The van der Waals surface area contributed by atoms with Crippen molar-refractivity contribution < 1.29 is 13.2 Å². The first-order valence-corrected chi connectivity index (χ1v) is 9.71. The fourth-order valence-electron chi connectivity index (χ4n) is 3.44. The Balaban J connectivity index is 0.00000225. The highest BCUT2D eigenvalue weighted by Crippen LogP contribution is 2.21. The number of aromatic nitrogens is 1. The molecule has 3 heterocycles. The monoisotopic (exact) mass is 391 g/mol.